The van der Waals surface area contributed by atoms with E-state index in [1.807, 2.05) is 97.1 Å². The zero-order valence-corrected chi connectivity index (χ0v) is 21.9. The predicted octanol–water partition coefficient (Wildman–Crippen LogP) is 6.92. The first-order valence-corrected chi connectivity index (χ1v) is 13.7. The minimum atomic E-state index is -0.958. The molecule has 7 heteroatoms. The zero-order valence-electron chi connectivity index (χ0n) is 21.1. The second-order valence-electron chi connectivity index (χ2n) is 9.47. The molecule has 3 unspecified atom stereocenters. The van der Waals surface area contributed by atoms with Crippen molar-refractivity contribution in [3.8, 4) is 0 Å². The molecule has 3 atom stereocenters. The van der Waals surface area contributed by atoms with E-state index in [4.69, 9.17) is 0 Å². The van der Waals surface area contributed by atoms with Gasteiger partial charge in [-0.2, -0.15) is 0 Å². The third-order valence-electron chi connectivity index (χ3n) is 6.82. The molecule has 3 N–H and O–H groups in total. The zero-order chi connectivity index (χ0) is 27.2. The first-order chi connectivity index (χ1) is 19.0. The number of rotatable bonds is 8. The highest BCUT2D eigenvalue weighted by molar-refractivity contribution is 8.00. The number of nitrogens with one attached hydrogen (secondary N) is 2. The van der Waals surface area contributed by atoms with Gasteiger partial charge in [-0.1, -0.05) is 72.8 Å². The minimum Gasteiger partial charge on any atom is -0.481 e. The number of hydrogen-bond donors (Lipinski definition) is 3. The molecule has 0 fully saturated rings. The number of carboxylic acids is 1. The summed E-state index contributed by atoms with van der Waals surface area (Å²) in [4.78, 5) is 38.7. The Morgan fingerprint density at radius 2 is 1.36 bits per heavy atom. The van der Waals surface area contributed by atoms with Crippen LogP contribution in [0.15, 0.2) is 114 Å². The Bertz CT molecular complexity index is 1520. The second-order valence-corrected chi connectivity index (χ2v) is 10.6. The van der Waals surface area contributed by atoms with Crippen LogP contribution < -0.4 is 10.6 Å². The number of amides is 2. The Kier molecular flexibility index (Phi) is 8.08. The molecule has 4 aromatic rings. The van der Waals surface area contributed by atoms with Crippen molar-refractivity contribution >= 4 is 51.7 Å². The highest BCUT2D eigenvalue weighted by atomic mass is 32.2. The second kappa shape index (κ2) is 12.0. The lowest BCUT2D eigenvalue weighted by Gasteiger charge is -2.24. The summed E-state index contributed by atoms with van der Waals surface area (Å²) in [6, 6.07) is 30.7. The summed E-state index contributed by atoms with van der Waals surface area (Å²) in [5.74, 6) is -2.73. The average Bonchev–Trinajstić information content (AvgIpc) is 2.97. The van der Waals surface area contributed by atoms with E-state index in [1.165, 1.54) is 11.8 Å². The number of aliphatic carboxylic acids is 1. The molecule has 0 saturated heterocycles. The van der Waals surface area contributed by atoms with E-state index in [0.717, 1.165) is 26.9 Å². The monoisotopic (exact) mass is 536 g/mol. The number of carboxylic acid groups (broad SMARTS) is 1. The van der Waals surface area contributed by atoms with Crippen molar-refractivity contribution in [3.05, 3.63) is 115 Å². The number of carbonyl (C=O) groups excluding carboxylic acids is 2. The molecule has 0 saturated carbocycles. The number of anilines is 2. The molecule has 6 nitrogen and oxygen atoms in total. The molecule has 2 amide bonds. The molecule has 4 aromatic carbocycles. The highest BCUT2D eigenvalue weighted by Gasteiger charge is 2.34. The maximum Gasteiger partial charge on any atom is 0.307 e. The smallest absolute Gasteiger partial charge is 0.307 e. The van der Waals surface area contributed by atoms with Gasteiger partial charge in [-0.25, -0.2) is 0 Å². The Hall–Kier alpha value is -4.36. The third kappa shape index (κ3) is 6.38. The maximum absolute atomic E-state index is 13.5. The number of fused-ring (bicyclic) bond motifs is 1. The quantitative estimate of drug-likeness (QED) is 0.168. The maximum atomic E-state index is 13.5. The fraction of sp³-hybridized carbons (Fsp3) is 0.156. The van der Waals surface area contributed by atoms with E-state index in [1.54, 1.807) is 12.1 Å². The van der Waals surface area contributed by atoms with Gasteiger partial charge in [0.05, 0.1) is 11.8 Å². The Morgan fingerprint density at radius 3 is 2.08 bits per heavy atom. The average molecular weight is 537 g/mol. The molecule has 39 heavy (non-hydrogen) atoms. The van der Waals surface area contributed by atoms with E-state index >= 15 is 0 Å². The lowest BCUT2D eigenvalue weighted by molar-refractivity contribution is -0.146. The molecular formula is C32H28N2O4S. The van der Waals surface area contributed by atoms with Gasteiger partial charge in [0.25, 0.3) is 0 Å². The minimum absolute atomic E-state index is 0.135. The van der Waals surface area contributed by atoms with Gasteiger partial charge in [-0.05, 0) is 65.6 Å². The van der Waals surface area contributed by atoms with Crippen molar-refractivity contribution in [2.75, 3.05) is 10.6 Å². The van der Waals surface area contributed by atoms with Crippen LogP contribution in [0.1, 0.15) is 23.7 Å². The van der Waals surface area contributed by atoms with Gasteiger partial charge in [0.2, 0.25) is 11.8 Å². The van der Waals surface area contributed by atoms with Gasteiger partial charge >= 0.3 is 5.97 Å². The highest BCUT2D eigenvalue weighted by Crippen LogP contribution is 2.37. The third-order valence-corrected chi connectivity index (χ3v) is 8.09. The van der Waals surface area contributed by atoms with Crippen LogP contribution in [0.4, 0.5) is 11.4 Å². The van der Waals surface area contributed by atoms with Crippen LogP contribution >= 0.6 is 11.8 Å². The molecule has 0 spiro atoms. The number of carbonyl (C=O) groups is 3. The summed E-state index contributed by atoms with van der Waals surface area (Å²) in [5.41, 5.74) is 2.19. The Balaban J connectivity index is 1.30. The first-order valence-electron chi connectivity index (χ1n) is 12.8. The lowest BCUT2D eigenvalue weighted by atomic mass is 9.82. The summed E-state index contributed by atoms with van der Waals surface area (Å²) in [7, 11) is 0. The molecule has 0 bridgehead atoms. The first kappa shape index (κ1) is 26.3. The number of thioether (sulfide) groups is 1. The van der Waals surface area contributed by atoms with Crippen LogP contribution in [0.25, 0.3) is 10.8 Å². The summed E-state index contributed by atoms with van der Waals surface area (Å²) in [6.07, 6.45) is 4.43. The normalized spacial score (nSPS) is 17.3. The molecule has 0 radical (unpaired) electrons. The SMILES string of the molecule is O=C(Nc1ccc2ccccc2c1)C(Sc1ccc(NC(=O)C2CC=CCC2C(=O)O)cc1)c1ccccc1. The van der Waals surface area contributed by atoms with E-state index in [2.05, 4.69) is 10.6 Å². The van der Waals surface area contributed by atoms with E-state index in [-0.39, 0.29) is 11.8 Å². The van der Waals surface area contributed by atoms with Crippen LogP contribution in [0, 0.1) is 11.8 Å². The van der Waals surface area contributed by atoms with Crippen LogP contribution in [-0.4, -0.2) is 22.9 Å². The van der Waals surface area contributed by atoms with Gasteiger partial charge in [0.15, 0.2) is 0 Å². The van der Waals surface area contributed by atoms with Crippen molar-refractivity contribution in [1.29, 1.82) is 0 Å². The molecule has 196 valence electrons. The molecule has 1 aliphatic rings. The molecule has 0 aliphatic heterocycles. The predicted molar refractivity (Wildman–Crippen MR) is 156 cm³/mol. The van der Waals surface area contributed by atoms with Crippen LogP contribution in [0.3, 0.4) is 0 Å². The summed E-state index contributed by atoms with van der Waals surface area (Å²) in [5, 5.41) is 17.1. The molecule has 0 heterocycles. The number of hydrogen-bond acceptors (Lipinski definition) is 4. The van der Waals surface area contributed by atoms with Gasteiger partial charge in [-0.15, -0.1) is 11.8 Å². The van der Waals surface area contributed by atoms with Gasteiger partial charge in [0.1, 0.15) is 5.25 Å². The summed E-state index contributed by atoms with van der Waals surface area (Å²) in [6.45, 7) is 0. The van der Waals surface area contributed by atoms with E-state index < -0.39 is 23.1 Å². The molecule has 0 aromatic heterocycles. The Morgan fingerprint density at radius 1 is 0.718 bits per heavy atom. The van der Waals surface area contributed by atoms with Gasteiger partial charge < -0.3 is 15.7 Å². The van der Waals surface area contributed by atoms with Crippen molar-refractivity contribution in [2.24, 2.45) is 11.8 Å². The standard InChI is InChI=1S/C32H28N2O4S/c35-30(27-12-6-7-13-28(27)32(37)38)33-24-16-18-26(19-17-24)39-29(22-9-2-1-3-10-22)31(36)34-25-15-14-21-8-4-5-11-23(21)20-25/h1-11,14-20,27-29H,12-13H2,(H,33,35)(H,34,36)(H,37,38). The summed E-state index contributed by atoms with van der Waals surface area (Å²) >= 11 is 1.42. The fourth-order valence-electron chi connectivity index (χ4n) is 4.74. The van der Waals surface area contributed by atoms with Crippen molar-refractivity contribution in [3.63, 3.8) is 0 Å². The van der Waals surface area contributed by atoms with Crippen LogP contribution in [-0.2, 0) is 14.4 Å². The summed E-state index contributed by atoms with van der Waals surface area (Å²) < 4.78 is 0. The van der Waals surface area contributed by atoms with Crippen molar-refractivity contribution in [1.82, 2.24) is 0 Å². The van der Waals surface area contributed by atoms with Crippen LogP contribution in [0.2, 0.25) is 0 Å². The van der Waals surface area contributed by atoms with E-state index in [9.17, 15) is 19.5 Å². The van der Waals surface area contributed by atoms with Crippen LogP contribution in [0.5, 0.6) is 0 Å². The Labute approximate surface area is 231 Å². The molecular weight excluding hydrogens is 508 g/mol. The van der Waals surface area contributed by atoms with E-state index in [0.29, 0.717) is 18.5 Å². The molecule has 5 rings (SSSR count). The lowest BCUT2D eigenvalue weighted by Crippen LogP contribution is -2.34. The number of allylic oxidation sites excluding steroid dienone is 2. The van der Waals surface area contributed by atoms with Crippen molar-refractivity contribution in [2.45, 2.75) is 23.0 Å². The largest absolute Gasteiger partial charge is 0.481 e. The van der Waals surface area contributed by atoms with Gasteiger partial charge in [0, 0.05) is 16.3 Å². The molecule has 1 aliphatic carbocycles. The topological polar surface area (TPSA) is 95.5 Å². The number of benzene rings is 4. The van der Waals surface area contributed by atoms with Gasteiger partial charge in [-0.3, -0.25) is 14.4 Å². The van der Waals surface area contributed by atoms with Crippen molar-refractivity contribution < 1.29 is 19.5 Å². The fourth-order valence-corrected chi connectivity index (χ4v) is 5.76.